The summed E-state index contributed by atoms with van der Waals surface area (Å²) in [5.74, 6) is -1.52. The Labute approximate surface area is 110 Å². The van der Waals surface area contributed by atoms with E-state index >= 15 is 0 Å². The average molecular weight is 268 g/mol. The molecule has 1 rings (SSSR count). The van der Waals surface area contributed by atoms with E-state index < -0.39 is 23.9 Å². The highest BCUT2D eigenvalue weighted by Gasteiger charge is 2.15. The van der Waals surface area contributed by atoms with Crippen LogP contribution in [-0.4, -0.2) is 23.1 Å². The fourth-order valence-corrected chi connectivity index (χ4v) is 1.63. The summed E-state index contributed by atoms with van der Waals surface area (Å²) in [5, 5.41) is 13.6. The van der Waals surface area contributed by atoms with Crippen molar-refractivity contribution in [1.29, 1.82) is 0 Å². The normalized spacial score (nSPS) is 11.7. The Morgan fingerprint density at radius 3 is 2.63 bits per heavy atom. The third-order valence-electron chi connectivity index (χ3n) is 2.71. The van der Waals surface area contributed by atoms with Crippen LogP contribution < -0.4 is 10.6 Å². The molecular weight excluding hydrogens is 251 g/mol. The standard InChI is InChI=1S/C13H17FN2O3/c1-3-9(7-11(17)18)15-13(19)16-12-8(2)5-4-6-10(12)14/h4-6,9H,3,7H2,1-2H3,(H,17,18)(H2,15,16,19). The van der Waals surface area contributed by atoms with Crippen molar-refractivity contribution in [1.82, 2.24) is 5.32 Å². The van der Waals surface area contributed by atoms with Gasteiger partial charge in [0.25, 0.3) is 0 Å². The van der Waals surface area contributed by atoms with Crippen molar-refractivity contribution < 1.29 is 19.1 Å². The molecule has 0 aliphatic heterocycles. The van der Waals surface area contributed by atoms with Gasteiger partial charge in [0.2, 0.25) is 0 Å². The number of hydrogen-bond donors (Lipinski definition) is 3. The molecule has 3 N–H and O–H groups in total. The number of carboxylic acid groups (broad SMARTS) is 1. The van der Waals surface area contributed by atoms with Gasteiger partial charge in [-0.2, -0.15) is 0 Å². The number of urea groups is 1. The van der Waals surface area contributed by atoms with Gasteiger partial charge in [-0.05, 0) is 25.0 Å². The molecule has 104 valence electrons. The molecular formula is C13H17FN2O3. The summed E-state index contributed by atoms with van der Waals surface area (Å²) in [5.41, 5.74) is 0.701. The summed E-state index contributed by atoms with van der Waals surface area (Å²) < 4.78 is 13.5. The first kappa shape index (κ1) is 14.9. The lowest BCUT2D eigenvalue weighted by molar-refractivity contribution is -0.137. The van der Waals surface area contributed by atoms with Gasteiger partial charge in [0.05, 0.1) is 12.1 Å². The van der Waals surface area contributed by atoms with E-state index in [9.17, 15) is 14.0 Å². The van der Waals surface area contributed by atoms with Gasteiger partial charge in [0, 0.05) is 6.04 Å². The summed E-state index contributed by atoms with van der Waals surface area (Å²) in [4.78, 5) is 22.3. The zero-order valence-electron chi connectivity index (χ0n) is 10.9. The van der Waals surface area contributed by atoms with Crippen molar-refractivity contribution >= 4 is 17.7 Å². The lowest BCUT2D eigenvalue weighted by Crippen LogP contribution is -2.39. The molecule has 0 saturated heterocycles. The van der Waals surface area contributed by atoms with Crippen molar-refractivity contribution in [3.05, 3.63) is 29.6 Å². The highest BCUT2D eigenvalue weighted by molar-refractivity contribution is 5.90. The van der Waals surface area contributed by atoms with E-state index in [1.54, 1.807) is 26.0 Å². The van der Waals surface area contributed by atoms with Gasteiger partial charge in [-0.3, -0.25) is 4.79 Å². The smallest absolute Gasteiger partial charge is 0.319 e. The average Bonchev–Trinajstić information content (AvgIpc) is 2.32. The number of amides is 2. The maximum Gasteiger partial charge on any atom is 0.319 e. The quantitative estimate of drug-likeness (QED) is 0.767. The minimum Gasteiger partial charge on any atom is -0.481 e. The summed E-state index contributed by atoms with van der Waals surface area (Å²) in [6, 6.07) is 3.38. The minimum atomic E-state index is -0.991. The van der Waals surface area contributed by atoms with Crippen LogP contribution in [0.1, 0.15) is 25.3 Å². The maximum absolute atomic E-state index is 13.5. The van der Waals surface area contributed by atoms with Gasteiger partial charge in [0.1, 0.15) is 5.82 Å². The predicted octanol–water partition coefficient (Wildman–Crippen LogP) is 2.51. The Kier molecular flexibility index (Phi) is 5.29. The zero-order chi connectivity index (χ0) is 14.4. The van der Waals surface area contributed by atoms with E-state index in [0.29, 0.717) is 12.0 Å². The third-order valence-corrected chi connectivity index (χ3v) is 2.71. The van der Waals surface area contributed by atoms with Crippen LogP contribution in [-0.2, 0) is 4.79 Å². The maximum atomic E-state index is 13.5. The molecule has 2 amide bonds. The number of rotatable bonds is 5. The number of halogens is 1. The third kappa shape index (κ3) is 4.57. The van der Waals surface area contributed by atoms with Crippen molar-refractivity contribution in [2.75, 3.05) is 5.32 Å². The molecule has 1 aromatic carbocycles. The summed E-state index contributed by atoms with van der Waals surface area (Å²) >= 11 is 0. The van der Waals surface area contributed by atoms with Crippen LogP contribution in [0.4, 0.5) is 14.9 Å². The topological polar surface area (TPSA) is 78.4 Å². The molecule has 1 unspecified atom stereocenters. The van der Waals surface area contributed by atoms with Crippen molar-refractivity contribution in [2.24, 2.45) is 0 Å². The molecule has 5 nitrogen and oxygen atoms in total. The van der Waals surface area contributed by atoms with Crippen molar-refractivity contribution in [2.45, 2.75) is 32.7 Å². The fourth-order valence-electron chi connectivity index (χ4n) is 1.63. The van der Waals surface area contributed by atoms with E-state index in [4.69, 9.17) is 5.11 Å². The molecule has 0 aliphatic carbocycles. The zero-order valence-corrected chi connectivity index (χ0v) is 10.9. The number of benzene rings is 1. The number of nitrogens with one attached hydrogen (secondary N) is 2. The van der Waals surface area contributed by atoms with E-state index in [1.165, 1.54) is 6.07 Å². The fraction of sp³-hybridized carbons (Fsp3) is 0.385. The van der Waals surface area contributed by atoms with Crippen LogP contribution in [0.5, 0.6) is 0 Å². The molecule has 0 spiro atoms. The number of hydrogen-bond acceptors (Lipinski definition) is 2. The Morgan fingerprint density at radius 1 is 1.42 bits per heavy atom. The van der Waals surface area contributed by atoms with E-state index in [1.807, 2.05) is 0 Å². The molecule has 0 saturated carbocycles. The van der Waals surface area contributed by atoms with Gasteiger partial charge in [-0.25, -0.2) is 9.18 Å². The van der Waals surface area contributed by atoms with Crippen LogP contribution in [0.3, 0.4) is 0 Å². The summed E-state index contributed by atoms with van der Waals surface area (Å²) in [6.45, 7) is 3.44. The number of anilines is 1. The van der Waals surface area contributed by atoms with E-state index in [2.05, 4.69) is 10.6 Å². The summed E-state index contributed by atoms with van der Waals surface area (Å²) in [6.07, 6.45) is 0.316. The lowest BCUT2D eigenvalue weighted by atomic mass is 10.1. The second-order valence-corrected chi connectivity index (χ2v) is 4.23. The van der Waals surface area contributed by atoms with Crippen LogP contribution in [0.25, 0.3) is 0 Å². The molecule has 0 bridgehead atoms. The van der Waals surface area contributed by atoms with E-state index in [-0.39, 0.29) is 12.1 Å². The number of carbonyl (C=O) groups is 2. The van der Waals surface area contributed by atoms with Crippen LogP contribution in [0.15, 0.2) is 18.2 Å². The molecule has 19 heavy (non-hydrogen) atoms. The van der Waals surface area contributed by atoms with Crippen LogP contribution >= 0.6 is 0 Å². The highest BCUT2D eigenvalue weighted by atomic mass is 19.1. The Morgan fingerprint density at radius 2 is 2.11 bits per heavy atom. The van der Waals surface area contributed by atoms with Gasteiger partial charge < -0.3 is 15.7 Å². The van der Waals surface area contributed by atoms with Gasteiger partial charge in [-0.15, -0.1) is 0 Å². The molecule has 6 heteroatoms. The van der Waals surface area contributed by atoms with Crippen molar-refractivity contribution in [3.63, 3.8) is 0 Å². The first-order valence-corrected chi connectivity index (χ1v) is 5.98. The Bertz CT molecular complexity index is 457. The van der Waals surface area contributed by atoms with Crippen LogP contribution in [0, 0.1) is 12.7 Å². The number of carboxylic acids is 1. The Hall–Kier alpha value is -2.11. The molecule has 1 atom stereocenters. The summed E-state index contributed by atoms with van der Waals surface area (Å²) in [7, 11) is 0. The van der Waals surface area contributed by atoms with Gasteiger partial charge in [-0.1, -0.05) is 19.1 Å². The number of aliphatic carboxylic acids is 1. The molecule has 0 fully saturated rings. The molecule has 1 aromatic rings. The van der Waals surface area contributed by atoms with E-state index in [0.717, 1.165) is 0 Å². The second kappa shape index (κ2) is 6.72. The highest BCUT2D eigenvalue weighted by Crippen LogP contribution is 2.18. The second-order valence-electron chi connectivity index (χ2n) is 4.23. The first-order chi connectivity index (χ1) is 8.93. The SMILES string of the molecule is CCC(CC(=O)O)NC(=O)Nc1c(C)cccc1F. The number of para-hydroxylation sites is 1. The monoisotopic (exact) mass is 268 g/mol. The number of aryl methyl sites for hydroxylation is 1. The van der Waals surface area contributed by atoms with Crippen LogP contribution in [0.2, 0.25) is 0 Å². The van der Waals surface area contributed by atoms with Gasteiger partial charge in [0.15, 0.2) is 0 Å². The minimum absolute atomic E-state index is 0.102. The number of carbonyl (C=O) groups excluding carboxylic acids is 1. The predicted molar refractivity (Wildman–Crippen MR) is 69.6 cm³/mol. The largest absolute Gasteiger partial charge is 0.481 e. The lowest BCUT2D eigenvalue weighted by Gasteiger charge is -2.16. The van der Waals surface area contributed by atoms with Crippen molar-refractivity contribution in [3.8, 4) is 0 Å². The molecule has 0 radical (unpaired) electrons. The first-order valence-electron chi connectivity index (χ1n) is 5.98. The van der Waals surface area contributed by atoms with Gasteiger partial charge >= 0.3 is 12.0 Å². The molecule has 0 aliphatic rings. The molecule has 0 aromatic heterocycles. The molecule has 0 heterocycles. The Balaban J connectivity index is 2.67.